The van der Waals surface area contributed by atoms with Gasteiger partial charge in [0.1, 0.15) is 0 Å². The van der Waals surface area contributed by atoms with Crippen molar-refractivity contribution >= 4 is 20.8 Å². The molecule has 0 aliphatic rings. The third-order valence-corrected chi connectivity index (χ3v) is 3.52. The molecule has 0 aliphatic heterocycles. The maximum absolute atomic E-state index is 11.3. The molecular formula is C12H13NO2S. The SMILES string of the molecule is CCc1cc(S(N)(=O)=O)cc2ccccc12. The molecule has 2 N–H and O–H groups in total. The minimum atomic E-state index is -3.63. The zero-order valence-electron chi connectivity index (χ0n) is 8.97. The van der Waals surface area contributed by atoms with E-state index in [1.54, 1.807) is 12.1 Å². The molecule has 16 heavy (non-hydrogen) atoms. The van der Waals surface area contributed by atoms with E-state index < -0.39 is 10.0 Å². The van der Waals surface area contributed by atoms with Crippen LogP contribution in [-0.4, -0.2) is 8.42 Å². The maximum atomic E-state index is 11.3. The molecule has 2 aromatic carbocycles. The molecule has 0 amide bonds. The van der Waals surface area contributed by atoms with Gasteiger partial charge in [0, 0.05) is 0 Å². The summed E-state index contributed by atoms with van der Waals surface area (Å²) in [6.07, 6.45) is 0.782. The molecular weight excluding hydrogens is 222 g/mol. The molecule has 0 unspecified atom stereocenters. The van der Waals surface area contributed by atoms with Gasteiger partial charge in [0.15, 0.2) is 0 Å². The minimum absolute atomic E-state index is 0.183. The van der Waals surface area contributed by atoms with E-state index in [0.29, 0.717) is 0 Å². The van der Waals surface area contributed by atoms with Crippen LogP contribution in [0, 0.1) is 0 Å². The molecule has 0 atom stereocenters. The van der Waals surface area contributed by atoms with E-state index in [4.69, 9.17) is 5.14 Å². The Labute approximate surface area is 94.9 Å². The summed E-state index contributed by atoms with van der Waals surface area (Å²) in [5, 5.41) is 7.13. The minimum Gasteiger partial charge on any atom is -0.225 e. The van der Waals surface area contributed by atoms with Crippen molar-refractivity contribution in [3.63, 3.8) is 0 Å². The van der Waals surface area contributed by atoms with Gasteiger partial charge in [-0.3, -0.25) is 0 Å². The average molecular weight is 235 g/mol. The predicted octanol–water partition coefficient (Wildman–Crippen LogP) is 2.05. The first-order valence-electron chi connectivity index (χ1n) is 5.07. The van der Waals surface area contributed by atoms with Gasteiger partial charge in [-0.25, -0.2) is 13.6 Å². The summed E-state index contributed by atoms with van der Waals surface area (Å²) in [4.78, 5) is 0.183. The van der Waals surface area contributed by atoms with E-state index >= 15 is 0 Å². The van der Waals surface area contributed by atoms with Crippen LogP contribution in [0.1, 0.15) is 12.5 Å². The van der Waals surface area contributed by atoms with Crippen molar-refractivity contribution in [1.82, 2.24) is 0 Å². The normalized spacial score (nSPS) is 11.9. The Bertz CT molecular complexity index is 633. The van der Waals surface area contributed by atoms with Crippen LogP contribution in [0.5, 0.6) is 0 Å². The van der Waals surface area contributed by atoms with E-state index in [2.05, 4.69) is 0 Å². The molecule has 0 radical (unpaired) electrons. The van der Waals surface area contributed by atoms with Crippen LogP contribution in [0.15, 0.2) is 41.3 Å². The first kappa shape index (κ1) is 11.1. The fourth-order valence-corrected chi connectivity index (χ4v) is 2.41. The number of sulfonamides is 1. The Balaban J connectivity index is 2.83. The van der Waals surface area contributed by atoms with Gasteiger partial charge in [-0.05, 0) is 34.9 Å². The van der Waals surface area contributed by atoms with Crippen LogP contribution in [0.3, 0.4) is 0 Å². The number of primary sulfonamides is 1. The van der Waals surface area contributed by atoms with Crippen LogP contribution in [-0.2, 0) is 16.4 Å². The van der Waals surface area contributed by atoms with E-state index in [9.17, 15) is 8.42 Å². The van der Waals surface area contributed by atoms with Gasteiger partial charge < -0.3 is 0 Å². The lowest BCUT2D eigenvalue weighted by molar-refractivity contribution is 0.598. The molecule has 0 spiro atoms. The highest BCUT2D eigenvalue weighted by atomic mass is 32.2. The summed E-state index contributed by atoms with van der Waals surface area (Å²) in [7, 11) is -3.63. The second-order valence-electron chi connectivity index (χ2n) is 3.70. The Kier molecular flexibility index (Phi) is 2.69. The first-order valence-corrected chi connectivity index (χ1v) is 6.61. The van der Waals surface area contributed by atoms with Gasteiger partial charge in [0.2, 0.25) is 10.0 Å². The highest BCUT2D eigenvalue weighted by Gasteiger charge is 2.10. The summed E-state index contributed by atoms with van der Waals surface area (Å²) < 4.78 is 22.6. The van der Waals surface area contributed by atoms with Crippen LogP contribution in [0.4, 0.5) is 0 Å². The summed E-state index contributed by atoms with van der Waals surface area (Å²) in [5.74, 6) is 0. The second-order valence-corrected chi connectivity index (χ2v) is 5.26. The fraction of sp³-hybridized carbons (Fsp3) is 0.167. The molecule has 2 rings (SSSR count). The Morgan fingerprint density at radius 1 is 1.19 bits per heavy atom. The standard InChI is InChI=1S/C12H13NO2S/c1-2-9-7-11(16(13,14)15)8-10-5-3-4-6-12(9)10/h3-8H,2H2,1H3,(H2,13,14,15). The molecule has 0 fully saturated rings. The summed E-state index contributed by atoms with van der Waals surface area (Å²) in [5.41, 5.74) is 1.00. The van der Waals surface area contributed by atoms with Gasteiger partial charge in [-0.15, -0.1) is 0 Å². The predicted molar refractivity (Wildman–Crippen MR) is 64.7 cm³/mol. The Hall–Kier alpha value is -1.39. The van der Waals surface area contributed by atoms with Crippen molar-refractivity contribution in [3.05, 3.63) is 42.0 Å². The maximum Gasteiger partial charge on any atom is 0.238 e. The number of fused-ring (bicyclic) bond motifs is 1. The van der Waals surface area contributed by atoms with E-state index in [0.717, 1.165) is 22.8 Å². The summed E-state index contributed by atoms with van der Waals surface area (Å²) >= 11 is 0. The van der Waals surface area contributed by atoms with Crippen LogP contribution < -0.4 is 5.14 Å². The quantitative estimate of drug-likeness (QED) is 0.866. The Morgan fingerprint density at radius 2 is 1.88 bits per heavy atom. The topological polar surface area (TPSA) is 60.2 Å². The van der Waals surface area contributed by atoms with Crippen molar-refractivity contribution in [3.8, 4) is 0 Å². The van der Waals surface area contributed by atoms with Crippen molar-refractivity contribution in [2.75, 3.05) is 0 Å². The van der Waals surface area contributed by atoms with Gasteiger partial charge in [-0.1, -0.05) is 31.2 Å². The number of nitrogens with two attached hydrogens (primary N) is 1. The smallest absolute Gasteiger partial charge is 0.225 e. The van der Waals surface area contributed by atoms with Gasteiger partial charge in [0.25, 0.3) is 0 Å². The van der Waals surface area contributed by atoms with Crippen LogP contribution in [0.25, 0.3) is 10.8 Å². The van der Waals surface area contributed by atoms with Crippen molar-refractivity contribution in [1.29, 1.82) is 0 Å². The van der Waals surface area contributed by atoms with Crippen LogP contribution >= 0.6 is 0 Å². The molecule has 84 valence electrons. The zero-order valence-corrected chi connectivity index (χ0v) is 9.79. The average Bonchev–Trinajstić information content (AvgIpc) is 2.26. The number of benzene rings is 2. The number of hydrogen-bond donors (Lipinski definition) is 1. The largest absolute Gasteiger partial charge is 0.238 e. The molecule has 0 saturated carbocycles. The lowest BCUT2D eigenvalue weighted by atomic mass is 10.0. The third kappa shape index (κ3) is 1.94. The molecule has 4 heteroatoms. The molecule has 0 saturated heterocycles. The highest BCUT2D eigenvalue weighted by Crippen LogP contribution is 2.23. The van der Waals surface area contributed by atoms with E-state index in [1.165, 1.54) is 0 Å². The lowest BCUT2D eigenvalue weighted by Gasteiger charge is -2.07. The number of rotatable bonds is 2. The van der Waals surface area contributed by atoms with Gasteiger partial charge >= 0.3 is 0 Å². The van der Waals surface area contributed by atoms with E-state index in [-0.39, 0.29) is 4.90 Å². The second kappa shape index (κ2) is 3.88. The number of aryl methyl sites for hydroxylation is 1. The van der Waals surface area contributed by atoms with Crippen LogP contribution in [0.2, 0.25) is 0 Å². The summed E-state index contributed by atoms with van der Waals surface area (Å²) in [6, 6.07) is 11.0. The summed E-state index contributed by atoms with van der Waals surface area (Å²) in [6.45, 7) is 1.99. The number of hydrogen-bond acceptors (Lipinski definition) is 2. The monoisotopic (exact) mass is 235 g/mol. The molecule has 0 aliphatic carbocycles. The Morgan fingerprint density at radius 3 is 2.50 bits per heavy atom. The highest BCUT2D eigenvalue weighted by molar-refractivity contribution is 7.89. The fourth-order valence-electron chi connectivity index (χ4n) is 1.82. The third-order valence-electron chi connectivity index (χ3n) is 2.63. The first-order chi connectivity index (χ1) is 7.52. The molecule has 2 aromatic rings. The molecule has 0 aromatic heterocycles. The van der Waals surface area contributed by atoms with Gasteiger partial charge in [0.05, 0.1) is 4.90 Å². The van der Waals surface area contributed by atoms with Crippen molar-refractivity contribution < 1.29 is 8.42 Å². The molecule has 3 nitrogen and oxygen atoms in total. The van der Waals surface area contributed by atoms with Crippen molar-refractivity contribution in [2.24, 2.45) is 5.14 Å². The van der Waals surface area contributed by atoms with Gasteiger partial charge in [-0.2, -0.15) is 0 Å². The lowest BCUT2D eigenvalue weighted by Crippen LogP contribution is -2.12. The molecule has 0 bridgehead atoms. The van der Waals surface area contributed by atoms with Crippen molar-refractivity contribution in [2.45, 2.75) is 18.2 Å². The van der Waals surface area contributed by atoms with E-state index in [1.807, 2.05) is 31.2 Å². The zero-order chi connectivity index (χ0) is 11.8. The molecule has 0 heterocycles.